The van der Waals surface area contributed by atoms with E-state index >= 15 is 0 Å². The highest BCUT2D eigenvalue weighted by molar-refractivity contribution is 6.04. The molecule has 3 aliphatic rings. The van der Waals surface area contributed by atoms with Gasteiger partial charge >= 0.3 is 6.18 Å². The van der Waals surface area contributed by atoms with Crippen LogP contribution in [0.5, 0.6) is 0 Å². The van der Waals surface area contributed by atoms with Gasteiger partial charge in [0, 0.05) is 30.6 Å². The van der Waals surface area contributed by atoms with Gasteiger partial charge in [0.15, 0.2) is 0 Å². The third-order valence-electron chi connectivity index (χ3n) is 6.96. The molecule has 0 atom stereocenters. The SMILES string of the molecule is O=C(Nc1cc(N2CC3(CC3)CC2=O)cnc1C1CC1)c1cccc(-c2cnn(CC(F)(F)F)c2)n1. The quantitative estimate of drug-likeness (QED) is 0.541. The lowest BCUT2D eigenvalue weighted by molar-refractivity contribution is -0.142. The van der Waals surface area contributed by atoms with Crippen molar-refractivity contribution in [2.75, 3.05) is 16.8 Å². The Morgan fingerprint density at radius 2 is 2.00 bits per heavy atom. The van der Waals surface area contributed by atoms with Gasteiger partial charge in [0.05, 0.1) is 35.2 Å². The van der Waals surface area contributed by atoms with Gasteiger partial charge in [-0.15, -0.1) is 0 Å². The zero-order valence-electron chi connectivity index (χ0n) is 19.3. The van der Waals surface area contributed by atoms with Crippen LogP contribution < -0.4 is 10.2 Å². The molecule has 3 fully saturated rings. The first-order chi connectivity index (χ1) is 17.2. The van der Waals surface area contributed by atoms with Crippen molar-refractivity contribution in [3.05, 3.63) is 54.2 Å². The van der Waals surface area contributed by atoms with Gasteiger partial charge in [0.25, 0.3) is 5.91 Å². The predicted molar refractivity (Wildman–Crippen MR) is 124 cm³/mol. The van der Waals surface area contributed by atoms with Crippen molar-refractivity contribution in [3.63, 3.8) is 0 Å². The van der Waals surface area contributed by atoms with Crippen LogP contribution in [-0.2, 0) is 11.3 Å². The number of halogens is 3. The van der Waals surface area contributed by atoms with Crippen LogP contribution in [-0.4, -0.2) is 44.3 Å². The molecule has 1 saturated heterocycles. The van der Waals surface area contributed by atoms with Crippen LogP contribution >= 0.6 is 0 Å². The van der Waals surface area contributed by atoms with E-state index in [1.165, 1.54) is 18.5 Å². The second-order valence-corrected chi connectivity index (χ2v) is 9.96. The number of amides is 2. The number of pyridine rings is 2. The van der Waals surface area contributed by atoms with Gasteiger partial charge in [-0.2, -0.15) is 18.3 Å². The Kier molecular flexibility index (Phi) is 5.13. The van der Waals surface area contributed by atoms with Crippen LogP contribution in [0.3, 0.4) is 0 Å². The number of carbonyl (C=O) groups is 2. The number of hydrogen-bond acceptors (Lipinski definition) is 5. The van der Waals surface area contributed by atoms with Gasteiger partial charge < -0.3 is 10.2 Å². The van der Waals surface area contributed by atoms with Gasteiger partial charge in [-0.25, -0.2) is 4.98 Å². The van der Waals surface area contributed by atoms with E-state index in [0.29, 0.717) is 35.6 Å². The summed E-state index contributed by atoms with van der Waals surface area (Å²) in [5.41, 5.74) is 2.92. The standard InChI is InChI=1S/C25H23F3N6O2/c26-25(27,28)14-33-12-16(10-30-33)18-2-1-3-19(31-18)23(36)32-20-8-17(11-29-22(20)15-4-5-15)34-13-24(6-7-24)9-21(34)35/h1-3,8,10-12,15H,4-7,9,13-14H2,(H,32,36). The van der Waals surface area contributed by atoms with Crippen molar-refractivity contribution < 1.29 is 22.8 Å². The van der Waals surface area contributed by atoms with Crippen LogP contribution in [0.15, 0.2) is 42.9 Å². The molecule has 0 radical (unpaired) electrons. The largest absolute Gasteiger partial charge is 0.408 e. The zero-order chi connectivity index (χ0) is 25.1. The number of anilines is 2. The summed E-state index contributed by atoms with van der Waals surface area (Å²) in [6, 6.07) is 6.57. The van der Waals surface area contributed by atoms with Crippen LogP contribution in [0.1, 0.15) is 54.2 Å². The Balaban J connectivity index is 1.24. The third kappa shape index (κ3) is 4.57. The molecular weight excluding hydrogens is 473 g/mol. The van der Waals surface area contributed by atoms with E-state index < -0.39 is 18.6 Å². The van der Waals surface area contributed by atoms with Gasteiger partial charge in [-0.3, -0.25) is 19.3 Å². The van der Waals surface area contributed by atoms with Gasteiger partial charge in [0.1, 0.15) is 12.2 Å². The highest BCUT2D eigenvalue weighted by atomic mass is 19.4. The van der Waals surface area contributed by atoms with Crippen molar-refractivity contribution in [1.29, 1.82) is 0 Å². The topological polar surface area (TPSA) is 93.0 Å². The molecule has 2 amide bonds. The lowest BCUT2D eigenvalue weighted by Crippen LogP contribution is -2.25. The van der Waals surface area contributed by atoms with E-state index in [9.17, 15) is 22.8 Å². The van der Waals surface area contributed by atoms with Crippen molar-refractivity contribution in [2.24, 2.45) is 5.41 Å². The van der Waals surface area contributed by atoms with E-state index in [0.717, 1.165) is 36.1 Å². The molecule has 6 rings (SSSR count). The summed E-state index contributed by atoms with van der Waals surface area (Å²) in [5.74, 6) is -0.129. The first kappa shape index (κ1) is 22.7. The summed E-state index contributed by atoms with van der Waals surface area (Å²) in [5, 5.41) is 6.65. The van der Waals surface area contributed by atoms with E-state index in [1.807, 2.05) is 6.07 Å². The Labute approximate surface area is 204 Å². The molecule has 36 heavy (non-hydrogen) atoms. The third-order valence-corrected chi connectivity index (χ3v) is 6.96. The second kappa shape index (κ2) is 8.14. The Morgan fingerprint density at radius 1 is 1.19 bits per heavy atom. The molecule has 0 aromatic carbocycles. The molecule has 3 aromatic rings. The van der Waals surface area contributed by atoms with Crippen LogP contribution in [0, 0.1) is 5.41 Å². The molecule has 0 bridgehead atoms. The number of hydrogen-bond donors (Lipinski definition) is 1. The molecule has 4 heterocycles. The number of rotatable bonds is 6. The smallest absolute Gasteiger partial charge is 0.319 e. The van der Waals surface area contributed by atoms with Gasteiger partial charge in [0.2, 0.25) is 5.91 Å². The molecule has 0 unspecified atom stereocenters. The number of nitrogens with zero attached hydrogens (tertiary/aromatic N) is 5. The molecule has 2 saturated carbocycles. The van der Waals surface area contributed by atoms with Crippen LogP contribution in [0.2, 0.25) is 0 Å². The van der Waals surface area contributed by atoms with Crippen molar-refractivity contribution in [3.8, 4) is 11.3 Å². The summed E-state index contributed by atoms with van der Waals surface area (Å²) >= 11 is 0. The summed E-state index contributed by atoms with van der Waals surface area (Å²) in [6.07, 6.45) is 4.48. The van der Waals surface area contributed by atoms with E-state index in [2.05, 4.69) is 20.4 Å². The van der Waals surface area contributed by atoms with Crippen molar-refractivity contribution in [2.45, 2.75) is 50.7 Å². The average molecular weight is 496 g/mol. The second-order valence-electron chi connectivity index (χ2n) is 9.96. The minimum atomic E-state index is -4.39. The summed E-state index contributed by atoms with van der Waals surface area (Å²) in [7, 11) is 0. The average Bonchev–Trinajstić information content (AvgIpc) is 3.73. The first-order valence-electron chi connectivity index (χ1n) is 11.9. The number of aromatic nitrogens is 4. The van der Waals surface area contributed by atoms with Gasteiger partial charge in [-0.05, 0) is 49.3 Å². The molecule has 1 spiro atoms. The fraction of sp³-hybridized carbons (Fsp3) is 0.400. The maximum absolute atomic E-state index is 13.1. The maximum Gasteiger partial charge on any atom is 0.408 e. The van der Waals surface area contributed by atoms with E-state index in [-0.39, 0.29) is 22.9 Å². The molecule has 8 nitrogen and oxygen atoms in total. The monoisotopic (exact) mass is 496 g/mol. The number of carbonyl (C=O) groups excluding carboxylic acids is 2. The Bertz CT molecular complexity index is 1360. The predicted octanol–water partition coefficient (Wildman–Crippen LogP) is 4.55. The molecule has 1 aliphatic heterocycles. The fourth-order valence-corrected chi connectivity index (χ4v) is 4.71. The highest BCUT2D eigenvalue weighted by Gasteiger charge is 2.52. The Hall–Kier alpha value is -3.76. The fourth-order valence-electron chi connectivity index (χ4n) is 4.71. The molecule has 2 aliphatic carbocycles. The van der Waals surface area contributed by atoms with Crippen LogP contribution in [0.25, 0.3) is 11.3 Å². The number of nitrogens with one attached hydrogen (secondary N) is 1. The zero-order valence-corrected chi connectivity index (χ0v) is 19.3. The molecule has 186 valence electrons. The molecule has 11 heteroatoms. The van der Waals surface area contributed by atoms with Crippen molar-refractivity contribution >= 4 is 23.2 Å². The first-order valence-corrected chi connectivity index (χ1v) is 11.9. The normalized spacial score (nSPS) is 18.6. The summed E-state index contributed by atoms with van der Waals surface area (Å²) in [4.78, 5) is 36.4. The molecular formula is C25H23F3N6O2. The van der Waals surface area contributed by atoms with Gasteiger partial charge in [-0.1, -0.05) is 6.07 Å². The summed E-state index contributed by atoms with van der Waals surface area (Å²) in [6.45, 7) is -0.531. The Morgan fingerprint density at radius 3 is 2.69 bits per heavy atom. The summed E-state index contributed by atoms with van der Waals surface area (Å²) < 4.78 is 38.8. The van der Waals surface area contributed by atoms with E-state index in [4.69, 9.17) is 0 Å². The minimum Gasteiger partial charge on any atom is -0.319 e. The maximum atomic E-state index is 13.1. The van der Waals surface area contributed by atoms with E-state index in [1.54, 1.807) is 23.2 Å². The minimum absolute atomic E-state index is 0.0752. The lowest BCUT2D eigenvalue weighted by atomic mass is 10.1. The highest BCUT2D eigenvalue weighted by Crippen LogP contribution is 2.54. The van der Waals surface area contributed by atoms with Crippen LogP contribution in [0.4, 0.5) is 24.5 Å². The molecule has 3 aromatic heterocycles. The molecule has 1 N–H and O–H groups in total. The van der Waals surface area contributed by atoms with Crippen molar-refractivity contribution in [1.82, 2.24) is 19.7 Å². The number of alkyl halides is 3. The lowest BCUT2D eigenvalue weighted by Gasteiger charge is -2.19.